The molecule has 0 aliphatic carbocycles. The Morgan fingerprint density at radius 3 is 2.35 bits per heavy atom. The zero-order chi connectivity index (χ0) is 14.6. The maximum Gasteiger partial charge on any atom is 0.160 e. The normalized spacial score (nSPS) is 26.2. The maximum absolute atomic E-state index is 5.94. The Hall–Kier alpha value is -0.160. The van der Waals surface area contributed by atoms with Crippen molar-refractivity contribution in [3.8, 4) is 0 Å². The van der Waals surface area contributed by atoms with Crippen LogP contribution in [0.5, 0.6) is 0 Å². The summed E-state index contributed by atoms with van der Waals surface area (Å²) in [4.78, 5) is 0. The van der Waals surface area contributed by atoms with Gasteiger partial charge in [0.05, 0.1) is 12.7 Å². The Morgan fingerprint density at radius 2 is 1.70 bits per heavy atom. The lowest BCUT2D eigenvalue weighted by atomic mass is 10.2. The van der Waals surface area contributed by atoms with E-state index in [4.69, 9.17) is 18.9 Å². The number of hydrogen-bond acceptors (Lipinski definition) is 4. The monoisotopic (exact) mass is 288 g/mol. The van der Waals surface area contributed by atoms with E-state index in [0.717, 1.165) is 32.5 Å². The molecule has 0 aromatic rings. The van der Waals surface area contributed by atoms with Gasteiger partial charge in [-0.3, -0.25) is 0 Å². The van der Waals surface area contributed by atoms with E-state index in [9.17, 15) is 0 Å². The van der Waals surface area contributed by atoms with Crippen molar-refractivity contribution < 1.29 is 18.9 Å². The summed E-state index contributed by atoms with van der Waals surface area (Å²) in [6, 6.07) is 0. The first-order valence-corrected chi connectivity index (χ1v) is 8.19. The van der Waals surface area contributed by atoms with Gasteiger partial charge in [-0.2, -0.15) is 0 Å². The lowest BCUT2D eigenvalue weighted by Gasteiger charge is -2.19. The molecule has 120 valence electrons. The molecule has 1 saturated heterocycles. The summed E-state index contributed by atoms with van der Waals surface area (Å²) in [5.41, 5.74) is 0. The fourth-order valence-electron chi connectivity index (χ4n) is 2.39. The molecule has 0 bridgehead atoms. The lowest BCUT2D eigenvalue weighted by Crippen LogP contribution is -2.29. The van der Waals surface area contributed by atoms with Gasteiger partial charge >= 0.3 is 0 Å². The van der Waals surface area contributed by atoms with Gasteiger partial charge in [-0.15, -0.1) is 0 Å². The van der Waals surface area contributed by atoms with Crippen molar-refractivity contribution in [1.82, 2.24) is 0 Å². The van der Waals surface area contributed by atoms with E-state index in [1.165, 1.54) is 25.7 Å². The van der Waals surface area contributed by atoms with Crippen LogP contribution < -0.4 is 0 Å². The fourth-order valence-corrected chi connectivity index (χ4v) is 2.39. The van der Waals surface area contributed by atoms with Crippen LogP contribution in [0.25, 0.3) is 0 Å². The van der Waals surface area contributed by atoms with E-state index in [1.54, 1.807) is 7.11 Å². The number of methoxy groups -OCH3 is 1. The van der Waals surface area contributed by atoms with Crippen molar-refractivity contribution in [2.24, 2.45) is 0 Å². The van der Waals surface area contributed by atoms with Gasteiger partial charge in [-0.1, -0.05) is 39.5 Å². The molecule has 1 rings (SSSR count). The zero-order valence-corrected chi connectivity index (χ0v) is 13.4. The van der Waals surface area contributed by atoms with E-state index < -0.39 is 0 Å². The topological polar surface area (TPSA) is 36.9 Å². The maximum atomic E-state index is 5.94. The molecule has 1 heterocycles. The minimum Gasteiger partial charge on any atom is -0.379 e. The molecule has 1 aliphatic heterocycles. The van der Waals surface area contributed by atoms with Crippen molar-refractivity contribution in [1.29, 1.82) is 0 Å². The molecule has 4 heteroatoms. The fraction of sp³-hybridized carbons (Fsp3) is 1.00. The third kappa shape index (κ3) is 7.02. The van der Waals surface area contributed by atoms with Crippen LogP contribution in [-0.2, 0) is 18.9 Å². The Balaban J connectivity index is 2.21. The summed E-state index contributed by atoms with van der Waals surface area (Å²) in [6.07, 6.45) is 7.93. The Kier molecular flexibility index (Phi) is 10.3. The first-order valence-electron chi connectivity index (χ1n) is 8.19. The minimum atomic E-state index is -0.143. The molecule has 4 nitrogen and oxygen atoms in total. The van der Waals surface area contributed by atoms with E-state index in [0.29, 0.717) is 6.61 Å². The molecular formula is C16H32O4. The summed E-state index contributed by atoms with van der Waals surface area (Å²) < 4.78 is 22.8. The smallest absolute Gasteiger partial charge is 0.160 e. The molecule has 0 amide bonds. The molecule has 20 heavy (non-hydrogen) atoms. The van der Waals surface area contributed by atoms with Gasteiger partial charge < -0.3 is 18.9 Å². The predicted octanol–water partition coefficient (Wildman–Crippen LogP) is 3.53. The number of rotatable bonds is 12. The van der Waals surface area contributed by atoms with Crippen LogP contribution in [0, 0.1) is 0 Å². The Labute approximate surface area is 124 Å². The van der Waals surface area contributed by atoms with Gasteiger partial charge in [0.2, 0.25) is 0 Å². The van der Waals surface area contributed by atoms with Gasteiger partial charge in [-0.25, -0.2) is 0 Å². The van der Waals surface area contributed by atoms with Crippen LogP contribution in [0.4, 0.5) is 0 Å². The number of ether oxygens (including phenoxy) is 4. The van der Waals surface area contributed by atoms with Crippen molar-refractivity contribution in [3.63, 3.8) is 0 Å². The van der Waals surface area contributed by atoms with Crippen molar-refractivity contribution >= 4 is 0 Å². The second-order valence-electron chi connectivity index (χ2n) is 5.47. The number of unbranched alkanes of at least 4 members (excludes halogenated alkanes) is 4. The van der Waals surface area contributed by atoms with Crippen molar-refractivity contribution in [2.75, 3.05) is 26.9 Å². The van der Waals surface area contributed by atoms with Crippen molar-refractivity contribution in [2.45, 2.75) is 77.3 Å². The molecule has 0 saturated carbocycles. The van der Waals surface area contributed by atoms with Gasteiger partial charge in [0, 0.05) is 26.7 Å². The highest BCUT2D eigenvalue weighted by Gasteiger charge is 2.36. The van der Waals surface area contributed by atoms with Crippen LogP contribution in [0.3, 0.4) is 0 Å². The highest BCUT2D eigenvalue weighted by molar-refractivity contribution is 4.79. The van der Waals surface area contributed by atoms with Gasteiger partial charge in [0.15, 0.2) is 6.29 Å². The predicted molar refractivity (Wildman–Crippen MR) is 79.9 cm³/mol. The molecule has 0 aromatic heterocycles. The summed E-state index contributed by atoms with van der Waals surface area (Å²) in [6.45, 7) is 6.64. The first kappa shape index (κ1) is 17.9. The summed E-state index contributed by atoms with van der Waals surface area (Å²) in [7, 11) is 1.68. The molecule has 0 N–H and O–H groups in total. The highest BCUT2D eigenvalue weighted by atomic mass is 16.7. The SMILES string of the molecule is CCCCCOC[C@H]1O[C@H](OC)C[C@@H]1OCCCCC. The van der Waals surface area contributed by atoms with E-state index >= 15 is 0 Å². The molecule has 1 fully saturated rings. The van der Waals surface area contributed by atoms with Crippen LogP contribution in [-0.4, -0.2) is 45.4 Å². The molecule has 0 spiro atoms. The van der Waals surface area contributed by atoms with Crippen LogP contribution in [0.2, 0.25) is 0 Å². The van der Waals surface area contributed by atoms with Crippen LogP contribution in [0.1, 0.15) is 58.8 Å². The summed E-state index contributed by atoms with van der Waals surface area (Å²) in [5.74, 6) is 0. The van der Waals surface area contributed by atoms with E-state index in [2.05, 4.69) is 13.8 Å². The van der Waals surface area contributed by atoms with Crippen molar-refractivity contribution in [3.05, 3.63) is 0 Å². The first-order chi connectivity index (χ1) is 9.81. The number of hydrogen-bond donors (Lipinski definition) is 0. The molecule has 0 aromatic carbocycles. The zero-order valence-electron chi connectivity index (χ0n) is 13.4. The van der Waals surface area contributed by atoms with Crippen LogP contribution >= 0.6 is 0 Å². The standard InChI is InChI=1S/C16H32O4/c1-4-6-8-10-18-13-15-14(12-16(17-3)20-15)19-11-9-7-5-2/h14-16H,4-13H2,1-3H3/t14-,15+,16-/m0/s1. The second kappa shape index (κ2) is 11.5. The minimum absolute atomic E-state index is 0.0169. The molecule has 0 unspecified atom stereocenters. The van der Waals surface area contributed by atoms with Gasteiger partial charge in [-0.05, 0) is 12.8 Å². The largest absolute Gasteiger partial charge is 0.379 e. The van der Waals surface area contributed by atoms with Gasteiger partial charge in [0.1, 0.15) is 6.10 Å². The van der Waals surface area contributed by atoms with E-state index in [1.807, 2.05) is 0 Å². The molecule has 1 aliphatic rings. The van der Waals surface area contributed by atoms with Crippen LogP contribution in [0.15, 0.2) is 0 Å². The lowest BCUT2D eigenvalue weighted by molar-refractivity contribution is -0.135. The second-order valence-corrected chi connectivity index (χ2v) is 5.47. The highest BCUT2D eigenvalue weighted by Crippen LogP contribution is 2.24. The Morgan fingerprint density at radius 1 is 1.00 bits per heavy atom. The summed E-state index contributed by atoms with van der Waals surface area (Å²) in [5, 5.41) is 0. The third-order valence-corrected chi connectivity index (χ3v) is 3.68. The Bertz CT molecular complexity index is 223. The third-order valence-electron chi connectivity index (χ3n) is 3.68. The average molecular weight is 288 g/mol. The van der Waals surface area contributed by atoms with E-state index in [-0.39, 0.29) is 18.5 Å². The quantitative estimate of drug-likeness (QED) is 0.515. The molecular weight excluding hydrogens is 256 g/mol. The van der Waals surface area contributed by atoms with Gasteiger partial charge in [0.25, 0.3) is 0 Å². The molecule has 3 atom stereocenters. The summed E-state index contributed by atoms with van der Waals surface area (Å²) >= 11 is 0. The molecule has 0 radical (unpaired) electrons. The average Bonchev–Trinajstić information content (AvgIpc) is 2.86.